The van der Waals surface area contributed by atoms with Crippen molar-refractivity contribution in [2.24, 2.45) is 5.92 Å². The molecule has 0 spiro atoms. The summed E-state index contributed by atoms with van der Waals surface area (Å²) in [5.41, 5.74) is 1.76. The Hall–Kier alpha value is -1.59. The first-order valence-electron chi connectivity index (χ1n) is 8.51. The van der Waals surface area contributed by atoms with Crippen molar-refractivity contribution in [1.82, 2.24) is 10.6 Å². The number of amides is 2. The average Bonchev–Trinajstić information content (AvgIpc) is 2.60. The van der Waals surface area contributed by atoms with Gasteiger partial charge in [0.15, 0.2) is 0 Å². The number of carbonyl (C=O) groups excluding carboxylic acids is 2. The van der Waals surface area contributed by atoms with E-state index in [2.05, 4.69) is 16.0 Å². The zero-order valence-corrected chi connectivity index (χ0v) is 15.2. The van der Waals surface area contributed by atoms with Gasteiger partial charge in [-0.2, -0.15) is 0 Å². The van der Waals surface area contributed by atoms with Gasteiger partial charge in [-0.3, -0.25) is 9.59 Å². The number of rotatable bonds is 6. The summed E-state index contributed by atoms with van der Waals surface area (Å²) in [5, 5.41) is 9.13. The van der Waals surface area contributed by atoms with E-state index >= 15 is 0 Å². The minimum absolute atomic E-state index is 0. The molecule has 0 aromatic heterocycles. The summed E-state index contributed by atoms with van der Waals surface area (Å²) in [4.78, 5) is 24.1. The Morgan fingerprint density at radius 2 is 2.12 bits per heavy atom. The van der Waals surface area contributed by atoms with Crippen LogP contribution in [0.4, 0.5) is 5.69 Å². The molecule has 1 aliphatic heterocycles. The molecule has 24 heavy (non-hydrogen) atoms. The number of hydrogen-bond acceptors (Lipinski definition) is 3. The lowest BCUT2D eigenvalue weighted by Gasteiger charge is -2.22. The van der Waals surface area contributed by atoms with Crippen molar-refractivity contribution in [3.8, 4) is 0 Å². The van der Waals surface area contributed by atoms with Gasteiger partial charge in [0.25, 0.3) is 0 Å². The number of hydrogen-bond donors (Lipinski definition) is 3. The van der Waals surface area contributed by atoms with Crippen molar-refractivity contribution in [3.05, 3.63) is 29.8 Å². The molecule has 2 amide bonds. The lowest BCUT2D eigenvalue weighted by atomic mass is 10.0. The summed E-state index contributed by atoms with van der Waals surface area (Å²) in [5.74, 6) is 0.0783. The number of anilines is 1. The molecule has 0 radical (unpaired) electrons. The fourth-order valence-electron chi connectivity index (χ4n) is 2.60. The molecule has 0 saturated carbocycles. The van der Waals surface area contributed by atoms with Gasteiger partial charge in [-0.25, -0.2) is 0 Å². The van der Waals surface area contributed by atoms with Crippen LogP contribution in [0.5, 0.6) is 0 Å². The van der Waals surface area contributed by atoms with Gasteiger partial charge in [-0.1, -0.05) is 32.4 Å². The highest BCUT2D eigenvalue weighted by Gasteiger charge is 2.19. The number of nitrogens with one attached hydrogen (secondary N) is 3. The molecule has 0 bridgehead atoms. The molecular weight excluding hydrogens is 326 g/mol. The van der Waals surface area contributed by atoms with E-state index < -0.39 is 0 Å². The first-order chi connectivity index (χ1) is 11.1. The minimum Gasteiger partial charge on any atom is -0.351 e. The van der Waals surface area contributed by atoms with Crippen molar-refractivity contribution in [1.29, 1.82) is 0 Å². The van der Waals surface area contributed by atoms with Crippen LogP contribution >= 0.6 is 12.4 Å². The van der Waals surface area contributed by atoms with Crippen molar-refractivity contribution in [2.75, 3.05) is 11.9 Å². The molecule has 2 unspecified atom stereocenters. The van der Waals surface area contributed by atoms with E-state index in [1.54, 1.807) is 0 Å². The van der Waals surface area contributed by atoms with Crippen LogP contribution in [0.2, 0.25) is 0 Å². The third-order valence-corrected chi connectivity index (χ3v) is 4.35. The van der Waals surface area contributed by atoms with Gasteiger partial charge in [0.1, 0.15) is 0 Å². The van der Waals surface area contributed by atoms with Crippen LogP contribution in [0, 0.1) is 5.92 Å². The van der Waals surface area contributed by atoms with Crippen LogP contribution in [0.25, 0.3) is 0 Å². The molecule has 1 saturated heterocycles. The molecule has 6 heteroatoms. The first kappa shape index (κ1) is 20.5. The zero-order valence-electron chi connectivity index (χ0n) is 14.4. The molecular formula is C18H28ClN3O2. The third-order valence-electron chi connectivity index (χ3n) is 4.35. The zero-order chi connectivity index (χ0) is 16.7. The second-order valence-electron chi connectivity index (χ2n) is 6.22. The summed E-state index contributed by atoms with van der Waals surface area (Å²) in [6, 6.07) is 7.56. The SMILES string of the molecule is CCC(C)C(=O)Nc1cccc(CNC(=O)C2CCCCN2)c1.Cl. The summed E-state index contributed by atoms with van der Waals surface area (Å²) in [6.07, 6.45) is 3.96. The maximum Gasteiger partial charge on any atom is 0.237 e. The van der Waals surface area contributed by atoms with E-state index in [0.29, 0.717) is 6.54 Å². The van der Waals surface area contributed by atoms with E-state index in [1.165, 1.54) is 0 Å². The quantitative estimate of drug-likeness (QED) is 0.736. The number of benzene rings is 1. The van der Waals surface area contributed by atoms with Gasteiger partial charge in [0, 0.05) is 18.2 Å². The molecule has 1 fully saturated rings. The lowest BCUT2D eigenvalue weighted by molar-refractivity contribution is -0.124. The van der Waals surface area contributed by atoms with Crippen molar-refractivity contribution in [2.45, 2.75) is 52.1 Å². The number of carbonyl (C=O) groups is 2. The molecule has 1 aliphatic rings. The predicted molar refractivity (Wildman–Crippen MR) is 99.3 cm³/mol. The minimum atomic E-state index is -0.0722. The van der Waals surface area contributed by atoms with Crippen LogP contribution in [0.15, 0.2) is 24.3 Å². The average molecular weight is 354 g/mol. The smallest absolute Gasteiger partial charge is 0.237 e. The second-order valence-corrected chi connectivity index (χ2v) is 6.22. The van der Waals surface area contributed by atoms with Gasteiger partial charge in [-0.15, -0.1) is 12.4 Å². The van der Waals surface area contributed by atoms with E-state index in [1.807, 2.05) is 38.1 Å². The van der Waals surface area contributed by atoms with Gasteiger partial charge < -0.3 is 16.0 Å². The van der Waals surface area contributed by atoms with Crippen LogP contribution < -0.4 is 16.0 Å². The Balaban J connectivity index is 0.00000288. The van der Waals surface area contributed by atoms with Crippen LogP contribution in [0.3, 0.4) is 0 Å². The van der Waals surface area contributed by atoms with Crippen LogP contribution in [-0.2, 0) is 16.1 Å². The van der Waals surface area contributed by atoms with Crippen molar-refractivity contribution >= 4 is 29.9 Å². The van der Waals surface area contributed by atoms with Gasteiger partial charge in [0.2, 0.25) is 11.8 Å². The van der Waals surface area contributed by atoms with E-state index in [-0.39, 0.29) is 36.2 Å². The summed E-state index contributed by atoms with van der Waals surface area (Å²) in [6.45, 7) is 5.30. The Morgan fingerprint density at radius 3 is 2.79 bits per heavy atom. The third kappa shape index (κ3) is 6.13. The van der Waals surface area contributed by atoms with Gasteiger partial charge >= 0.3 is 0 Å². The topological polar surface area (TPSA) is 70.2 Å². The molecule has 5 nitrogen and oxygen atoms in total. The van der Waals surface area contributed by atoms with Crippen LogP contribution in [0.1, 0.15) is 45.1 Å². The fraction of sp³-hybridized carbons (Fsp3) is 0.556. The van der Waals surface area contributed by atoms with Gasteiger partial charge in [-0.05, 0) is 43.5 Å². The lowest BCUT2D eigenvalue weighted by Crippen LogP contribution is -2.46. The maximum absolute atomic E-state index is 12.1. The Morgan fingerprint density at radius 1 is 1.33 bits per heavy atom. The molecule has 1 aromatic rings. The normalized spacial score (nSPS) is 18.2. The second kappa shape index (κ2) is 10.3. The summed E-state index contributed by atoms with van der Waals surface area (Å²) in [7, 11) is 0. The van der Waals surface area contributed by atoms with Crippen molar-refractivity contribution in [3.63, 3.8) is 0 Å². The molecule has 2 atom stereocenters. The summed E-state index contributed by atoms with van der Waals surface area (Å²) < 4.78 is 0. The molecule has 2 rings (SSSR count). The monoisotopic (exact) mass is 353 g/mol. The fourth-order valence-corrected chi connectivity index (χ4v) is 2.60. The van der Waals surface area contributed by atoms with Gasteiger partial charge in [0.05, 0.1) is 6.04 Å². The first-order valence-corrected chi connectivity index (χ1v) is 8.51. The predicted octanol–water partition coefficient (Wildman–Crippen LogP) is 2.85. The largest absolute Gasteiger partial charge is 0.351 e. The molecule has 134 valence electrons. The standard InChI is InChI=1S/C18H27N3O2.ClH/c1-3-13(2)17(22)21-15-8-6-7-14(11-15)12-20-18(23)16-9-4-5-10-19-16;/h6-8,11,13,16,19H,3-5,9-10,12H2,1-2H3,(H,20,23)(H,21,22);1H. The Kier molecular flexibility index (Phi) is 8.79. The van der Waals surface area contributed by atoms with Crippen molar-refractivity contribution < 1.29 is 9.59 Å². The molecule has 1 heterocycles. The molecule has 1 aromatic carbocycles. The molecule has 3 N–H and O–H groups in total. The summed E-state index contributed by atoms with van der Waals surface area (Å²) >= 11 is 0. The highest BCUT2D eigenvalue weighted by molar-refractivity contribution is 5.92. The highest BCUT2D eigenvalue weighted by Crippen LogP contribution is 2.13. The number of halogens is 1. The van der Waals surface area contributed by atoms with E-state index in [4.69, 9.17) is 0 Å². The molecule has 0 aliphatic carbocycles. The maximum atomic E-state index is 12.1. The Bertz CT molecular complexity index is 545. The number of piperidine rings is 1. The van der Waals surface area contributed by atoms with Crippen LogP contribution in [-0.4, -0.2) is 24.4 Å². The highest BCUT2D eigenvalue weighted by atomic mass is 35.5. The Labute approximate surface area is 150 Å². The van der Waals surface area contributed by atoms with E-state index in [9.17, 15) is 9.59 Å². The van der Waals surface area contributed by atoms with E-state index in [0.717, 1.165) is 43.5 Å².